The molecule has 45 heavy (non-hydrogen) atoms. The average Bonchev–Trinajstić information content (AvgIpc) is 2.89. The highest BCUT2D eigenvalue weighted by Crippen LogP contribution is 2.12. The number of nitrogens with one attached hydrogen (secondary N) is 2. The smallest absolute Gasteiger partial charge is 0.431 e. The summed E-state index contributed by atoms with van der Waals surface area (Å²) >= 11 is 0. The SMILES string of the molecule is CC(C)(C)OC(=O)NOCC(=O)NCCCCC(C(=O)O)N1CCN(CC(=O)O)CCN(CC(=O)O)CCN(CC(=O)O)CC1. The van der Waals surface area contributed by atoms with E-state index in [1.807, 2.05) is 5.48 Å². The Morgan fingerprint density at radius 3 is 1.56 bits per heavy atom. The molecular formula is C27H48N6O12. The summed E-state index contributed by atoms with van der Waals surface area (Å²) in [4.78, 5) is 81.5. The third-order valence-corrected chi connectivity index (χ3v) is 6.66. The Morgan fingerprint density at radius 2 is 1.16 bits per heavy atom. The van der Waals surface area contributed by atoms with E-state index in [-0.39, 0.29) is 85.0 Å². The van der Waals surface area contributed by atoms with Crippen LogP contribution in [0.3, 0.4) is 0 Å². The molecule has 0 spiro atoms. The van der Waals surface area contributed by atoms with E-state index in [1.54, 1.807) is 40.4 Å². The van der Waals surface area contributed by atoms with Crippen LogP contribution in [0, 0.1) is 0 Å². The number of rotatable bonds is 16. The van der Waals surface area contributed by atoms with Gasteiger partial charge < -0.3 is 30.5 Å². The fraction of sp³-hybridized carbons (Fsp3) is 0.778. The highest BCUT2D eigenvalue weighted by Gasteiger charge is 2.28. The van der Waals surface area contributed by atoms with Crippen molar-refractivity contribution < 1.29 is 58.8 Å². The van der Waals surface area contributed by atoms with E-state index in [4.69, 9.17) is 9.57 Å². The summed E-state index contributed by atoms with van der Waals surface area (Å²) in [5, 5.41) is 40.7. The molecule has 258 valence electrons. The van der Waals surface area contributed by atoms with Gasteiger partial charge in [0.05, 0.1) is 19.6 Å². The highest BCUT2D eigenvalue weighted by atomic mass is 16.7. The van der Waals surface area contributed by atoms with Crippen LogP contribution in [0.4, 0.5) is 4.79 Å². The Morgan fingerprint density at radius 1 is 0.711 bits per heavy atom. The number of amides is 2. The van der Waals surface area contributed by atoms with Crippen LogP contribution in [0.2, 0.25) is 0 Å². The zero-order valence-electron chi connectivity index (χ0n) is 26.2. The second-order valence-electron chi connectivity index (χ2n) is 11.6. The van der Waals surface area contributed by atoms with E-state index < -0.39 is 54.1 Å². The molecule has 0 saturated carbocycles. The summed E-state index contributed by atoms with van der Waals surface area (Å²) < 4.78 is 4.99. The van der Waals surface area contributed by atoms with Gasteiger partial charge in [0, 0.05) is 58.9 Å². The van der Waals surface area contributed by atoms with Gasteiger partial charge in [0.25, 0.3) is 0 Å². The van der Waals surface area contributed by atoms with Gasteiger partial charge in [-0.1, -0.05) is 0 Å². The predicted molar refractivity (Wildman–Crippen MR) is 157 cm³/mol. The predicted octanol–water partition coefficient (Wildman–Crippen LogP) is -1.34. The van der Waals surface area contributed by atoms with Gasteiger partial charge in [-0.2, -0.15) is 5.48 Å². The lowest BCUT2D eigenvalue weighted by atomic mass is 10.1. The third kappa shape index (κ3) is 19.4. The number of carboxylic acids is 4. The first-order valence-corrected chi connectivity index (χ1v) is 14.7. The molecule has 2 amide bonds. The number of hydrogen-bond donors (Lipinski definition) is 6. The standard InChI is InChI=1S/C27H48N6O12/c1-27(2,3)45-26(43)29-44-19-21(34)28-7-5-4-6-20(25(41)42)33-14-12-31(17-23(37)38)10-8-30(16-22(35)36)9-11-32(13-15-33)18-24(39)40/h20H,4-19H2,1-3H3,(H,28,34)(H,29,43)(H,35,36)(H,37,38)(H,39,40)(H,41,42). The van der Waals surface area contributed by atoms with Gasteiger partial charge in [0.15, 0.2) is 6.61 Å². The summed E-state index contributed by atoms with van der Waals surface area (Å²) in [6, 6.07) is -0.952. The fourth-order valence-corrected chi connectivity index (χ4v) is 4.58. The zero-order valence-corrected chi connectivity index (χ0v) is 26.2. The van der Waals surface area contributed by atoms with E-state index in [0.717, 1.165) is 0 Å². The van der Waals surface area contributed by atoms with Gasteiger partial charge in [0.1, 0.15) is 11.6 Å². The van der Waals surface area contributed by atoms with Gasteiger partial charge in [-0.3, -0.25) is 48.4 Å². The van der Waals surface area contributed by atoms with Gasteiger partial charge in [-0.25, -0.2) is 4.79 Å². The van der Waals surface area contributed by atoms with Crippen molar-refractivity contribution in [1.29, 1.82) is 0 Å². The number of hydrogen-bond acceptors (Lipinski definition) is 12. The van der Waals surface area contributed by atoms with Crippen LogP contribution >= 0.6 is 0 Å². The number of carbonyl (C=O) groups excluding carboxylic acids is 2. The number of hydroxylamine groups is 1. The lowest BCUT2D eigenvalue weighted by molar-refractivity contribution is -0.145. The van der Waals surface area contributed by atoms with Crippen LogP contribution in [0.1, 0.15) is 40.0 Å². The molecule has 0 aromatic carbocycles. The van der Waals surface area contributed by atoms with Crippen molar-refractivity contribution in [3.05, 3.63) is 0 Å². The van der Waals surface area contributed by atoms with Crippen molar-refractivity contribution in [3.63, 3.8) is 0 Å². The van der Waals surface area contributed by atoms with Crippen molar-refractivity contribution in [2.24, 2.45) is 0 Å². The van der Waals surface area contributed by atoms with Gasteiger partial charge in [-0.15, -0.1) is 0 Å². The van der Waals surface area contributed by atoms with Crippen molar-refractivity contribution in [3.8, 4) is 0 Å². The number of ether oxygens (including phenoxy) is 1. The van der Waals surface area contributed by atoms with Crippen LogP contribution in [0.15, 0.2) is 0 Å². The first kappa shape index (κ1) is 39.4. The Balaban J connectivity index is 2.79. The van der Waals surface area contributed by atoms with Crippen LogP contribution in [-0.4, -0.2) is 173 Å². The quantitative estimate of drug-likeness (QED) is 0.0838. The lowest BCUT2D eigenvalue weighted by Crippen LogP contribution is -2.51. The maximum Gasteiger partial charge on any atom is 0.431 e. The molecule has 1 fully saturated rings. The minimum atomic E-state index is -1.09. The number of unbranched alkanes of at least 4 members (excludes halogenated alkanes) is 1. The zero-order chi connectivity index (χ0) is 34.0. The van der Waals surface area contributed by atoms with E-state index in [0.29, 0.717) is 12.8 Å². The Hall–Kier alpha value is -3.58. The normalized spacial score (nSPS) is 17.3. The highest BCUT2D eigenvalue weighted by molar-refractivity contribution is 5.77. The molecule has 18 nitrogen and oxygen atoms in total. The monoisotopic (exact) mass is 648 g/mol. The Kier molecular flexibility index (Phi) is 17.9. The Bertz CT molecular complexity index is 960. The van der Waals surface area contributed by atoms with Crippen LogP contribution < -0.4 is 10.8 Å². The molecule has 0 radical (unpaired) electrons. The second kappa shape index (κ2) is 20.5. The molecule has 1 unspecified atom stereocenters. The molecule has 1 aliphatic heterocycles. The molecule has 0 aromatic rings. The van der Waals surface area contributed by atoms with Crippen LogP contribution in [-0.2, 0) is 33.5 Å². The fourth-order valence-electron chi connectivity index (χ4n) is 4.58. The van der Waals surface area contributed by atoms with Crippen molar-refractivity contribution in [2.75, 3.05) is 85.1 Å². The molecule has 18 heteroatoms. The Labute approximate surface area is 262 Å². The largest absolute Gasteiger partial charge is 0.480 e. The van der Waals surface area contributed by atoms with Gasteiger partial charge in [-0.05, 0) is 40.0 Å². The molecule has 1 aliphatic rings. The van der Waals surface area contributed by atoms with Crippen molar-refractivity contribution in [2.45, 2.75) is 51.7 Å². The number of nitrogens with zero attached hydrogens (tertiary/aromatic N) is 4. The number of carboxylic acid groups (broad SMARTS) is 4. The first-order valence-electron chi connectivity index (χ1n) is 14.7. The summed E-state index contributed by atoms with van der Waals surface area (Å²) in [6.07, 6.45) is 0.242. The minimum absolute atomic E-state index is 0.183. The molecule has 1 atom stereocenters. The number of carbonyl (C=O) groups is 6. The van der Waals surface area contributed by atoms with E-state index in [9.17, 15) is 49.2 Å². The summed E-state index contributed by atoms with van der Waals surface area (Å²) in [5.41, 5.74) is 1.28. The lowest BCUT2D eigenvalue weighted by Gasteiger charge is -2.35. The minimum Gasteiger partial charge on any atom is -0.480 e. The average molecular weight is 649 g/mol. The van der Waals surface area contributed by atoms with E-state index in [2.05, 4.69) is 5.32 Å². The summed E-state index contributed by atoms with van der Waals surface area (Å²) in [7, 11) is 0. The maximum absolute atomic E-state index is 12.3. The molecule has 1 rings (SSSR count). The van der Waals surface area contributed by atoms with E-state index >= 15 is 0 Å². The van der Waals surface area contributed by atoms with Crippen LogP contribution in [0.5, 0.6) is 0 Å². The van der Waals surface area contributed by atoms with Crippen LogP contribution in [0.25, 0.3) is 0 Å². The van der Waals surface area contributed by atoms with Gasteiger partial charge >= 0.3 is 30.0 Å². The van der Waals surface area contributed by atoms with Crippen molar-refractivity contribution >= 4 is 35.9 Å². The molecule has 0 aliphatic carbocycles. The second-order valence-corrected chi connectivity index (χ2v) is 11.6. The molecule has 1 saturated heterocycles. The maximum atomic E-state index is 12.3. The van der Waals surface area contributed by atoms with Gasteiger partial charge in [0.2, 0.25) is 5.91 Å². The summed E-state index contributed by atoms with van der Waals surface area (Å²) in [6.45, 7) is 5.57. The molecule has 0 bridgehead atoms. The molecular weight excluding hydrogens is 600 g/mol. The van der Waals surface area contributed by atoms with Crippen molar-refractivity contribution in [1.82, 2.24) is 30.4 Å². The molecule has 6 N–H and O–H groups in total. The summed E-state index contributed by atoms with van der Waals surface area (Å²) in [5.74, 6) is -4.80. The first-order chi connectivity index (χ1) is 21.1. The third-order valence-electron chi connectivity index (χ3n) is 6.66. The molecule has 0 aromatic heterocycles. The van der Waals surface area contributed by atoms with E-state index in [1.165, 1.54) is 0 Å². The molecule has 1 heterocycles. The number of aliphatic carboxylic acids is 4. The topological polar surface area (TPSA) is 239 Å².